The number of nitrogens with zero attached hydrogens (tertiary/aromatic N) is 3. The first-order valence-corrected chi connectivity index (χ1v) is 6.15. The SMILES string of the molecule is CC1CC(c2ccccc2)n2nc(CO)nc2N1. The van der Waals surface area contributed by atoms with Gasteiger partial charge in [0.15, 0.2) is 5.82 Å². The van der Waals surface area contributed by atoms with Gasteiger partial charge >= 0.3 is 0 Å². The maximum atomic E-state index is 9.14. The topological polar surface area (TPSA) is 63.0 Å². The molecular formula is C13H16N4O. The van der Waals surface area contributed by atoms with Gasteiger partial charge < -0.3 is 10.4 Å². The van der Waals surface area contributed by atoms with Crippen molar-refractivity contribution in [1.82, 2.24) is 14.8 Å². The highest BCUT2D eigenvalue weighted by Gasteiger charge is 2.27. The molecule has 1 aromatic heterocycles. The van der Waals surface area contributed by atoms with Gasteiger partial charge in [0, 0.05) is 6.04 Å². The van der Waals surface area contributed by atoms with E-state index in [9.17, 15) is 0 Å². The standard InChI is InChI=1S/C13H16N4O/c1-9-7-11(10-5-3-2-4-6-10)17-13(14-9)15-12(8-18)16-17/h2-6,9,11,18H,7-8H2,1H3,(H,14,15,16). The average molecular weight is 244 g/mol. The highest BCUT2D eigenvalue weighted by atomic mass is 16.3. The van der Waals surface area contributed by atoms with Crippen molar-refractivity contribution in [1.29, 1.82) is 0 Å². The van der Waals surface area contributed by atoms with Crippen LogP contribution in [0.4, 0.5) is 5.95 Å². The Hall–Kier alpha value is -1.88. The summed E-state index contributed by atoms with van der Waals surface area (Å²) in [6, 6.07) is 10.8. The average Bonchev–Trinajstić information content (AvgIpc) is 2.81. The summed E-state index contributed by atoms with van der Waals surface area (Å²) in [5, 5.41) is 16.8. The van der Waals surface area contributed by atoms with Crippen molar-refractivity contribution < 1.29 is 5.11 Å². The number of aliphatic hydroxyl groups is 1. The molecule has 0 fully saturated rings. The van der Waals surface area contributed by atoms with E-state index >= 15 is 0 Å². The van der Waals surface area contributed by atoms with Gasteiger partial charge in [-0.25, -0.2) is 4.68 Å². The zero-order valence-electron chi connectivity index (χ0n) is 10.2. The molecule has 2 atom stereocenters. The third kappa shape index (κ3) is 1.86. The molecule has 94 valence electrons. The van der Waals surface area contributed by atoms with E-state index in [1.807, 2.05) is 22.9 Å². The summed E-state index contributed by atoms with van der Waals surface area (Å²) < 4.78 is 1.88. The van der Waals surface area contributed by atoms with Crippen LogP contribution in [0.3, 0.4) is 0 Å². The lowest BCUT2D eigenvalue weighted by Gasteiger charge is -2.29. The molecule has 1 aromatic carbocycles. The third-order valence-corrected chi connectivity index (χ3v) is 3.25. The summed E-state index contributed by atoms with van der Waals surface area (Å²) in [6.45, 7) is 2.00. The van der Waals surface area contributed by atoms with Gasteiger partial charge in [0.05, 0.1) is 6.04 Å². The molecule has 0 saturated carbocycles. The van der Waals surface area contributed by atoms with Gasteiger partial charge in [-0.05, 0) is 18.9 Å². The second-order valence-electron chi connectivity index (χ2n) is 4.66. The fourth-order valence-corrected chi connectivity index (χ4v) is 2.42. The van der Waals surface area contributed by atoms with Crippen LogP contribution in [0.25, 0.3) is 0 Å². The van der Waals surface area contributed by atoms with Crippen molar-refractivity contribution in [2.24, 2.45) is 0 Å². The number of aromatic nitrogens is 3. The molecule has 5 heteroatoms. The molecule has 2 N–H and O–H groups in total. The van der Waals surface area contributed by atoms with E-state index in [-0.39, 0.29) is 12.6 Å². The molecule has 0 amide bonds. The maximum absolute atomic E-state index is 9.14. The van der Waals surface area contributed by atoms with E-state index in [2.05, 4.69) is 34.5 Å². The summed E-state index contributed by atoms with van der Waals surface area (Å²) in [4.78, 5) is 4.29. The number of nitrogens with one attached hydrogen (secondary N) is 1. The van der Waals surface area contributed by atoms with Crippen molar-refractivity contribution in [3.05, 3.63) is 41.7 Å². The number of rotatable bonds is 2. The molecule has 0 radical (unpaired) electrons. The lowest BCUT2D eigenvalue weighted by molar-refractivity contribution is 0.270. The number of anilines is 1. The fourth-order valence-electron chi connectivity index (χ4n) is 2.42. The van der Waals surface area contributed by atoms with Crippen molar-refractivity contribution in [2.75, 3.05) is 5.32 Å². The van der Waals surface area contributed by atoms with Crippen LogP contribution in [-0.4, -0.2) is 25.9 Å². The van der Waals surface area contributed by atoms with Crippen LogP contribution in [0.15, 0.2) is 30.3 Å². The zero-order chi connectivity index (χ0) is 12.5. The molecule has 2 unspecified atom stereocenters. The second kappa shape index (κ2) is 4.42. The van der Waals surface area contributed by atoms with Crippen LogP contribution < -0.4 is 5.32 Å². The Balaban J connectivity index is 2.04. The number of aliphatic hydroxyl groups excluding tert-OH is 1. The van der Waals surface area contributed by atoms with Crippen LogP contribution in [0.1, 0.15) is 30.8 Å². The van der Waals surface area contributed by atoms with Crippen LogP contribution in [0, 0.1) is 0 Å². The minimum Gasteiger partial charge on any atom is -0.388 e. The Bertz CT molecular complexity index is 537. The second-order valence-corrected chi connectivity index (χ2v) is 4.66. The number of hydrogen-bond acceptors (Lipinski definition) is 4. The first kappa shape index (κ1) is 11.2. The highest BCUT2D eigenvalue weighted by molar-refractivity contribution is 5.34. The van der Waals surface area contributed by atoms with E-state index in [1.165, 1.54) is 5.56 Å². The molecule has 3 rings (SSSR count). The largest absolute Gasteiger partial charge is 0.388 e. The first-order chi connectivity index (χ1) is 8.78. The predicted octanol–water partition coefficient (Wildman–Crippen LogP) is 1.56. The minimum atomic E-state index is -0.127. The minimum absolute atomic E-state index is 0.127. The summed E-state index contributed by atoms with van der Waals surface area (Å²) >= 11 is 0. The molecule has 0 bridgehead atoms. The molecule has 0 aliphatic carbocycles. The van der Waals surface area contributed by atoms with Crippen LogP contribution in [-0.2, 0) is 6.61 Å². The van der Waals surface area contributed by atoms with E-state index in [0.717, 1.165) is 12.4 Å². The number of fused-ring (bicyclic) bond motifs is 1. The summed E-state index contributed by atoms with van der Waals surface area (Å²) in [5.74, 6) is 1.21. The maximum Gasteiger partial charge on any atom is 0.222 e. The summed E-state index contributed by atoms with van der Waals surface area (Å²) in [6.07, 6.45) is 0.964. The summed E-state index contributed by atoms with van der Waals surface area (Å²) in [5.41, 5.74) is 1.22. The fraction of sp³-hybridized carbons (Fsp3) is 0.385. The highest BCUT2D eigenvalue weighted by Crippen LogP contribution is 2.30. The molecule has 18 heavy (non-hydrogen) atoms. The van der Waals surface area contributed by atoms with Crippen LogP contribution in [0.2, 0.25) is 0 Å². The van der Waals surface area contributed by atoms with Gasteiger partial charge in [0.1, 0.15) is 6.61 Å². The molecule has 2 aromatic rings. The van der Waals surface area contributed by atoms with Gasteiger partial charge in [-0.1, -0.05) is 30.3 Å². The number of benzene rings is 1. The first-order valence-electron chi connectivity index (χ1n) is 6.15. The monoisotopic (exact) mass is 244 g/mol. The smallest absolute Gasteiger partial charge is 0.222 e. The Morgan fingerprint density at radius 3 is 2.89 bits per heavy atom. The molecule has 2 heterocycles. The number of hydrogen-bond donors (Lipinski definition) is 2. The molecule has 0 saturated heterocycles. The normalized spacial score (nSPS) is 22.3. The Kier molecular flexibility index (Phi) is 2.76. The Morgan fingerprint density at radius 2 is 2.17 bits per heavy atom. The van der Waals surface area contributed by atoms with Crippen molar-refractivity contribution in [2.45, 2.75) is 32.0 Å². The quantitative estimate of drug-likeness (QED) is 0.841. The van der Waals surface area contributed by atoms with Crippen molar-refractivity contribution >= 4 is 5.95 Å². The Morgan fingerprint density at radius 1 is 1.39 bits per heavy atom. The molecule has 1 aliphatic rings. The van der Waals surface area contributed by atoms with Gasteiger partial charge in [-0.3, -0.25) is 0 Å². The van der Waals surface area contributed by atoms with Gasteiger partial charge in [-0.15, -0.1) is 0 Å². The molecule has 0 spiro atoms. The summed E-state index contributed by atoms with van der Waals surface area (Å²) in [7, 11) is 0. The predicted molar refractivity (Wildman–Crippen MR) is 68.2 cm³/mol. The van der Waals surface area contributed by atoms with E-state index < -0.39 is 0 Å². The van der Waals surface area contributed by atoms with E-state index in [1.54, 1.807) is 0 Å². The van der Waals surface area contributed by atoms with Crippen LogP contribution >= 0.6 is 0 Å². The van der Waals surface area contributed by atoms with Crippen molar-refractivity contribution in [3.8, 4) is 0 Å². The zero-order valence-corrected chi connectivity index (χ0v) is 10.2. The Labute approximate surface area is 105 Å². The van der Waals surface area contributed by atoms with Crippen molar-refractivity contribution in [3.63, 3.8) is 0 Å². The molecular weight excluding hydrogens is 228 g/mol. The molecule has 5 nitrogen and oxygen atoms in total. The third-order valence-electron chi connectivity index (χ3n) is 3.25. The van der Waals surface area contributed by atoms with Gasteiger partial charge in [-0.2, -0.15) is 10.1 Å². The lowest BCUT2D eigenvalue weighted by Crippen LogP contribution is -2.31. The van der Waals surface area contributed by atoms with Gasteiger partial charge in [0.2, 0.25) is 5.95 Å². The lowest BCUT2D eigenvalue weighted by atomic mass is 9.99. The van der Waals surface area contributed by atoms with E-state index in [0.29, 0.717) is 11.9 Å². The van der Waals surface area contributed by atoms with Gasteiger partial charge in [0.25, 0.3) is 0 Å². The van der Waals surface area contributed by atoms with E-state index in [4.69, 9.17) is 5.11 Å². The van der Waals surface area contributed by atoms with Crippen LogP contribution in [0.5, 0.6) is 0 Å². The molecule has 1 aliphatic heterocycles.